The van der Waals surface area contributed by atoms with Crippen molar-refractivity contribution in [3.8, 4) is 5.75 Å². The minimum absolute atomic E-state index is 0.0857. The molecule has 0 spiro atoms. The van der Waals surface area contributed by atoms with Gasteiger partial charge in [-0.1, -0.05) is 41.9 Å². The van der Waals surface area contributed by atoms with Gasteiger partial charge in [-0.15, -0.1) is 0 Å². The van der Waals surface area contributed by atoms with Gasteiger partial charge in [-0.2, -0.15) is 4.31 Å². The van der Waals surface area contributed by atoms with E-state index in [1.807, 2.05) is 24.3 Å². The van der Waals surface area contributed by atoms with E-state index in [9.17, 15) is 17.6 Å². The topological polar surface area (TPSA) is 66.9 Å². The highest BCUT2D eigenvalue weighted by molar-refractivity contribution is 7.89. The summed E-state index contributed by atoms with van der Waals surface area (Å²) in [7, 11) is -3.65. The Hall–Kier alpha value is -2.68. The number of carbonyl (C=O) groups excluding carboxylic acids is 1. The Kier molecular flexibility index (Phi) is 6.13. The summed E-state index contributed by atoms with van der Waals surface area (Å²) in [5.41, 5.74) is 0. The first kappa shape index (κ1) is 21.5. The molecule has 1 heterocycles. The summed E-state index contributed by atoms with van der Waals surface area (Å²) in [6.07, 6.45) is 0. The molecule has 0 atom stereocenters. The third-order valence-electron chi connectivity index (χ3n) is 5.20. The quantitative estimate of drug-likeness (QED) is 0.581. The maximum absolute atomic E-state index is 13.2. The molecular weight excluding hydrogens is 443 g/mol. The Morgan fingerprint density at radius 2 is 1.68 bits per heavy atom. The lowest BCUT2D eigenvalue weighted by Crippen LogP contribution is -2.51. The lowest BCUT2D eigenvalue weighted by molar-refractivity contribution is -0.134. The Bertz CT molecular complexity index is 1230. The molecule has 0 aliphatic carbocycles. The first-order valence-corrected chi connectivity index (χ1v) is 11.5. The Morgan fingerprint density at radius 3 is 2.39 bits per heavy atom. The van der Waals surface area contributed by atoms with Gasteiger partial charge in [0.15, 0.2) is 6.61 Å². The van der Waals surface area contributed by atoms with Crippen LogP contribution in [0.15, 0.2) is 65.6 Å². The van der Waals surface area contributed by atoms with Crippen molar-refractivity contribution >= 4 is 38.3 Å². The van der Waals surface area contributed by atoms with E-state index in [2.05, 4.69) is 0 Å². The van der Waals surface area contributed by atoms with Crippen molar-refractivity contribution in [2.24, 2.45) is 0 Å². The zero-order chi connectivity index (χ0) is 22.0. The van der Waals surface area contributed by atoms with E-state index in [0.29, 0.717) is 0 Å². The minimum atomic E-state index is -3.65. The van der Waals surface area contributed by atoms with Crippen molar-refractivity contribution in [2.45, 2.75) is 4.90 Å². The van der Waals surface area contributed by atoms with E-state index in [1.165, 1.54) is 22.5 Å². The summed E-state index contributed by atoms with van der Waals surface area (Å²) in [5.74, 6) is -0.551. The molecule has 31 heavy (non-hydrogen) atoms. The number of hydrogen-bond acceptors (Lipinski definition) is 4. The fraction of sp³-hybridized carbons (Fsp3) is 0.227. The summed E-state index contributed by atoms with van der Waals surface area (Å²) in [6.45, 7) is 0.685. The van der Waals surface area contributed by atoms with Crippen LogP contribution < -0.4 is 4.74 Å². The smallest absolute Gasteiger partial charge is 0.260 e. The molecule has 0 bridgehead atoms. The predicted octanol–water partition coefficient (Wildman–Crippen LogP) is 3.54. The molecule has 9 heteroatoms. The molecule has 3 aromatic carbocycles. The third-order valence-corrected chi connectivity index (χ3v) is 7.39. The van der Waals surface area contributed by atoms with Gasteiger partial charge >= 0.3 is 0 Å². The fourth-order valence-corrected chi connectivity index (χ4v) is 5.09. The van der Waals surface area contributed by atoms with Gasteiger partial charge in [0.2, 0.25) is 10.0 Å². The number of amides is 1. The Morgan fingerprint density at radius 1 is 0.968 bits per heavy atom. The number of carbonyl (C=O) groups is 1. The lowest BCUT2D eigenvalue weighted by Gasteiger charge is -2.34. The molecule has 0 saturated carbocycles. The molecular formula is C22H20ClFN2O4S. The van der Waals surface area contributed by atoms with Crippen molar-refractivity contribution in [3.05, 3.63) is 71.5 Å². The number of hydrogen-bond donors (Lipinski definition) is 0. The molecule has 1 saturated heterocycles. The zero-order valence-corrected chi connectivity index (χ0v) is 18.1. The molecule has 162 valence electrons. The number of halogens is 2. The second-order valence-corrected chi connectivity index (χ2v) is 9.50. The molecule has 0 N–H and O–H groups in total. The summed E-state index contributed by atoms with van der Waals surface area (Å²) < 4.78 is 46.0. The molecule has 1 aliphatic heterocycles. The summed E-state index contributed by atoms with van der Waals surface area (Å²) in [4.78, 5) is 14.2. The number of ether oxygens (including phenoxy) is 1. The van der Waals surface area contributed by atoms with Gasteiger partial charge < -0.3 is 9.64 Å². The van der Waals surface area contributed by atoms with Gasteiger partial charge in [-0.3, -0.25) is 4.79 Å². The fourth-order valence-electron chi connectivity index (χ4n) is 3.46. The average molecular weight is 463 g/mol. The van der Waals surface area contributed by atoms with E-state index in [1.54, 1.807) is 23.1 Å². The third kappa shape index (κ3) is 4.66. The van der Waals surface area contributed by atoms with Gasteiger partial charge in [0.05, 0.1) is 9.92 Å². The number of benzene rings is 3. The minimum Gasteiger partial charge on any atom is -0.484 e. The number of rotatable bonds is 5. The van der Waals surface area contributed by atoms with Gasteiger partial charge in [-0.25, -0.2) is 12.8 Å². The monoisotopic (exact) mass is 462 g/mol. The largest absolute Gasteiger partial charge is 0.484 e. The highest BCUT2D eigenvalue weighted by Gasteiger charge is 2.30. The van der Waals surface area contributed by atoms with Crippen LogP contribution >= 0.6 is 11.6 Å². The average Bonchev–Trinajstić information content (AvgIpc) is 2.79. The van der Waals surface area contributed by atoms with E-state index in [-0.39, 0.29) is 54.4 Å². The van der Waals surface area contributed by atoms with Crippen molar-refractivity contribution in [2.75, 3.05) is 32.8 Å². The molecule has 0 unspecified atom stereocenters. The SMILES string of the molecule is O=C(COc1ccc(F)c(Cl)c1)N1CCN(S(=O)(=O)c2ccc3ccccc3c2)CC1. The van der Waals surface area contributed by atoms with E-state index in [4.69, 9.17) is 16.3 Å². The Balaban J connectivity index is 1.36. The highest BCUT2D eigenvalue weighted by atomic mass is 35.5. The summed E-state index contributed by atoms with van der Waals surface area (Å²) in [5, 5.41) is 1.74. The Labute approximate surface area is 184 Å². The molecule has 1 amide bonds. The van der Waals surface area contributed by atoms with E-state index < -0.39 is 15.8 Å². The molecule has 3 aromatic rings. The predicted molar refractivity (Wildman–Crippen MR) is 116 cm³/mol. The van der Waals surface area contributed by atoms with Crippen LogP contribution in [-0.4, -0.2) is 56.3 Å². The maximum atomic E-state index is 13.2. The van der Waals surface area contributed by atoms with Gasteiger partial charge in [0, 0.05) is 32.2 Å². The van der Waals surface area contributed by atoms with E-state index >= 15 is 0 Å². The second kappa shape index (κ2) is 8.82. The lowest BCUT2D eigenvalue weighted by atomic mass is 10.1. The molecule has 6 nitrogen and oxygen atoms in total. The van der Waals surface area contributed by atoms with Crippen LogP contribution in [0.2, 0.25) is 5.02 Å². The van der Waals surface area contributed by atoms with Crippen molar-refractivity contribution in [3.63, 3.8) is 0 Å². The van der Waals surface area contributed by atoms with Crippen LogP contribution in [-0.2, 0) is 14.8 Å². The van der Waals surface area contributed by atoms with Crippen molar-refractivity contribution in [1.82, 2.24) is 9.21 Å². The normalized spacial score (nSPS) is 15.2. The second-order valence-electron chi connectivity index (χ2n) is 7.16. The number of piperazine rings is 1. The van der Waals surface area contributed by atoms with Gasteiger partial charge in [-0.05, 0) is 35.0 Å². The summed E-state index contributed by atoms with van der Waals surface area (Å²) >= 11 is 5.71. The van der Waals surface area contributed by atoms with Crippen molar-refractivity contribution in [1.29, 1.82) is 0 Å². The maximum Gasteiger partial charge on any atom is 0.260 e. The van der Waals surface area contributed by atoms with Crippen LogP contribution in [0.1, 0.15) is 0 Å². The molecule has 1 fully saturated rings. The first-order valence-electron chi connectivity index (χ1n) is 9.69. The zero-order valence-electron chi connectivity index (χ0n) is 16.5. The number of sulfonamides is 1. The van der Waals surface area contributed by atoms with Gasteiger partial charge in [0.1, 0.15) is 11.6 Å². The molecule has 1 aliphatic rings. The first-order chi connectivity index (χ1) is 14.8. The van der Waals surface area contributed by atoms with Crippen molar-refractivity contribution < 1.29 is 22.3 Å². The van der Waals surface area contributed by atoms with Crippen LogP contribution in [0.25, 0.3) is 10.8 Å². The molecule has 4 rings (SSSR count). The van der Waals surface area contributed by atoms with Crippen LogP contribution in [0.4, 0.5) is 4.39 Å². The number of nitrogens with zero attached hydrogens (tertiary/aromatic N) is 2. The number of fused-ring (bicyclic) bond motifs is 1. The van der Waals surface area contributed by atoms with Crippen LogP contribution in [0.3, 0.4) is 0 Å². The standard InChI is InChI=1S/C22H20ClFN2O4S/c23-20-14-18(6-8-21(20)24)30-15-22(27)25-9-11-26(12-10-25)31(28,29)19-7-5-16-3-1-2-4-17(16)13-19/h1-8,13-14H,9-12,15H2. The van der Waals surface area contributed by atoms with Crippen LogP contribution in [0, 0.1) is 5.82 Å². The highest BCUT2D eigenvalue weighted by Crippen LogP contribution is 2.23. The molecule has 0 radical (unpaired) electrons. The molecule has 0 aromatic heterocycles. The summed E-state index contributed by atoms with van der Waals surface area (Å²) in [6, 6.07) is 16.5. The van der Waals surface area contributed by atoms with Gasteiger partial charge in [0.25, 0.3) is 5.91 Å². The van der Waals surface area contributed by atoms with E-state index in [0.717, 1.165) is 10.8 Å². The van der Waals surface area contributed by atoms with Crippen LogP contribution in [0.5, 0.6) is 5.75 Å².